The lowest BCUT2D eigenvalue weighted by atomic mass is 10.1. The highest BCUT2D eigenvalue weighted by Gasteiger charge is 2.23. The Morgan fingerprint density at radius 1 is 1.03 bits per heavy atom. The maximum Gasteiger partial charge on any atom is 0.269 e. The summed E-state index contributed by atoms with van der Waals surface area (Å²) in [6.07, 6.45) is 4.62. The first-order valence-electron chi connectivity index (χ1n) is 11.6. The zero-order chi connectivity index (χ0) is 25.2. The number of carbonyl (C=O) groups is 1. The lowest BCUT2D eigenvalue weighted by Gasteiger charge is -2.33. The van der Waals surface area contributed by atoms with Crippen LogP contribution in [-0.2, 0) is 6.42 Å². The van der Waals surface area contributed by atoms with Crippen molar-refractivity contribution in [2.75, 3.05) is 32.2 Å². The van der Waals surface area contributed by atoms with Crippen LogP contribution in [0.1, 0.15) is 41.4 Å². The van der Waals surface area contributed by atoms with Gasteiger partial charge in [-0.15, -0.1) is 10.2 Å². The molecule has 0 unspecified atom stereocenters. The van der Waals surface area contributed by atoms with Gasteiger partial charge in [0.15, 0.2) is 11.5 Å². The quantitative estimate of drug-likeness (QED) is 0.547. The third-order valence-corrected chi connectivity index (χ3v) is 5.74. The zero-order valence-corrected chi connectivity index (χ0v) is 20.7. The Morgan fingerprint density at radius 3 is 2.23 bits per heavy atom. The number of nitrogens with two attached hydrogens (primary N) is 1. The van der Waals surface area contributed by atoms with Crippen molar-refractivity contribution < 1.29 is 19.0 Å². The van der Waals surface area contributed by atoms with Gasteiger partial charge in [-0.25, -0.2) is 4.98 Å². The molecule has 9 heteroatoms. The number of primary amides is 1. The molecule has 0 saturated carbocycles. The van der Waals surface area contributed by atoms with Gasteiger partial charge in [-0.3, -0.25) is 4.79 Å². The van der Waals surface area contributed by atoms with Gasteiger partial charge in [-0.1, -0.05) is 19.1 Å². The first kappa shape index (κ1) is 25.7. The number of aryl methyl sites for hydroxylation is 2. The molecule has 1 aromatic carbocycles. The van der Waals surface area contributed by atoms with Crippen LogP contribution in [0.2, 0.25) is 0 Å². The number of amides is 1. The molecule has 9 nitrogen and oxygen atoms in total. The Labute approximate surface area is 206 Å². The van der Waals surface area contributed by atoms with Crippen molar-refractivity contribution in [2.24, 2.45) is 5.73 Å². The van der Waals surface area contributed by atoms with Crippen LogP contribution in [0, 0.1) is 6.92 Å². The van der Waals surface area contributed by atoms with Gasteiger partial charge < -0.3 is 24.8 Å². The number of hydrogen-bond donors (Lipinski definition) is 1. The molecule has 35 heavy (non-hydrogen) atoms. The summed E-state index contributed by atoms with van der Waals surface area (Å²) < 4.78 is 16.0. The molecule has 3 aromatic rings. The standard InChI is InChI=1S/C17H21N5O3.C9H12O/c1-11-9-14(16(18)23)20-21-17(11)22-7-5-12(6-8-22)25-13-3-4-15(24-2)19-10-13;1-3-8-4-6-9(10-2)7-5-8/h3-4,9-10,12H,5-8H2,1-2H3,(H2,18,23);4-7H,3H2,1-2H3. The van der Waals surface area contributed by atoms with Crippen LogP contribution in [0.5, 0.6) is 17.4 Å². The number of pyridine rings is 1. The smallest absolute Gasteiger partial charge is 0.269 e. The van der Waals surface area contributed by atoms with Gasteiger partial charge >= 0.3 is 0 Å². The molecule has 1 amide bonds. The van der Waals surface area contributed by atoms with Crippen LogP contribution in [0.25, 0.3) is 0 Å². The predicted octanol–water partition coefficient (Wildman–Crippen LogP) is 3.59. The minimum atomic E-state index is -0.567. The molecule has 4 rings (SSSR count). The monoisotopic (exact) mass is 479 g/mol. The number of aromatic nitrogens is 3. The summed E-state index contributed by atoms with van der Waals surface area (Å²) in [4.78, 5) is 17.5. The largest absolute Gasteiger partial charge is 0.497 e. The maximum absolute atomic E-state index is 11.2. The zero-order valence-electron chi connectivity index (χ0n) is 20.7. The molecule has 0 bridgehead atoms. The Hall–Kier alpha value is -3.88. The van der Waals surface area contributed by atoms with E-state index in [4.69, 9.17) is 19.9 Å². The molecule has 1 saturated heterocycles. The minimum Gasteiger partial charge on any atom is -0.497 e. The number of benzene rings is 1. The van der Waals surface area contributed by atoms with Crippen LogP contribution in [0.4, 0.5) is 5.82 Å². The number of rotatable bonds is 7. The van der Waals surface area contributed by atoms with Crippen LogP contribution >= 0.6 is 0 Å². The van der Waals surface area contributed by atoms with E-state index in [1.54, 1.807) is 32.5 Å². The molecule has 2 N–H and O–H groups in total. The van der Waals surface area contributed by atoms with E-state index >= 15 is 0 Å². The Balaban J connectivity index is 0.000000287. The molecular formula is C26H33N5O4. The van der Waals surface area contributed by atoms with E-state index in [1.807, 2.05) is 25.1 Å². The van der Waals surface area contributed by atoms with E-state index in [1.165, 1.54) is 5.56 Å². The van der Waals surface area contributed by atoms with E-state index in [9.17, 15) is 4.79 Å². The highest BCUT2D eigenvalue weighted by Crippen LogP contribution is 2.24. The average Bonchev–Trinajstić information content (AvgIpc) is 2.90. The van der Waals surface area contributed by atoms with Gasteiger partial charge in [-0.2, -0.15) is 0 Å². The van der Waals surface area contributed by atoms with Crippen molar-refractivity contribution >= 4 is 11.7 Å². The molecule has 0 aliphatic carbocycles. The summed E-state index contributed by atoms with van der Waals surface area (Å²) >= 11 is 0. The van der Waals surface area contributed by atoms with Crippen molar-refractivity contribution in [1.82, 2.24) is 15.2 Å². The summed E-state index contributed by atoms with van der Waals surface area (Å²) in [6.45, 7) is 5.66. The van der Waals surface area contributed by atoms with E-state index in [-0.39, 0.29) is 11.8 Å². The van der Waals surface area contributed by atoms with Crippen molar-refractivity contribution in [1.29, 1.82) is 0 Å². The second-order valence-electron chi connectivity index (χ2n) is 8.14. The topological polar surface area (TPSA) is 113 Å². The molecule has 0 radical (unpaired) electrons. The second kappa shape index (κ2) is 12.5. The normalized spacial score (nSPS) is 13.4. The van der Waals surface area contributed by atoms with Gasteiger partial charge in [0.25, 0.3) is 5.91 Å². The van der Waals surface area contributed by atoms with E-state index < -0.39 is 5.91 Å². The third-order valence-electron chi connectivity index (χ3n) is 5.74. The summed E-state index contributed by atoms with van der Waals surface area (Å²) in [5.41, 5.74) is 7.66. The summed E-state index contributed by atoms with van der Waals surface area (Å²) in [6, 6.07) is 13.5. The fourth-order valence-electron chi connectivity index (χ4n) is 3.71. The van der Waals surface area contributed by atoms with Gasteiger partial charge in [0, 0.05) is 32.0 Å². The van der Waals surface area contributed by atoms with Crippen LogP contribution < -0.4 is 24.8 Å². The molecule has 2 aromatic heterocycles. The number of piperidine rings is 1. The van der Waals surface area contributed by atoms with Gasteiger partial charge in [-0.05, 0) is 48.7 Å². The average molecular weight is 480 g/mol. The highest BCUT2D eigenvalue weighted by atomic mass is 16.5. The van der Waals surface area contributed by atoms with E-state index in [0.29, 0.717) is 5.88 Å². The number of ether oxygens (including phenoxy) is 3. The second-order valence-corrected chi connectivity index (χ2v) is 8.14. The van der Waals surface area contributed by atoms with Crippen molar-refractivity contribution in [2.45, 2.75) is 39.2 Å². The number of hydrogen-bond acceptors (Lipinski definition) is 8. The number of nitrogens with zero attached hydrogens (tertiary/aromatic N) is 4. The van der Waals surface area contributed by atoms with Crippen LogP contribution in [0.15, 0.2) is 48.7 Å². The maximum atomic E-state index is 11.2. The van der Waals surface area contributed by atoms with E-state index in [2.05, 4.69) is 39.1 Å². The lowest BCUT2D eigenvalue weighted by Crippen LogP contribution is -2.39. The first-order chi connectivity index (χ1) is 16.9. The molecule has 1 aliphatic heterocycles. The Kier molecular flexibility index (Phi) is 9.23. The lowest BCUT2D eigenvalue weighted by molar-refractivity contribution is 0.0994. The SMILES string of the molecule is CCc1ccc(OC)cc1.COc1ccc(OC2CCN(c3nnc(C(N)=O)cc3C)CC2)cn1. The van der Waals surface area contributed by atoms with Crippen molar-refractivity contribution in [3.05, 3.63) is 65.5 Å². The number of methoxy groups -OCH3 is 2. The van der Waals surface area contributed by atoms with Crippen LogP contribution in [0.3, 0.4) is 0 Å². The summed E-state index contributed by atoms with van der Waals surface area (Å²) in [5, 5.41) is 8.06. The van der Waals surface area contributed by atoms with Gasteiger partial charge in [0.05, 0.1) is 20.4 Å². The van der Waals surface area contributed by atoms with Crippen molar-refractivity contribution in [3.63, 3.8) is 0 Å². The molecular weight excluding hydrogens is 446 g/mol. The number of carbonyl (C=O) groups excluding carboxylic acids is 1. The first-order valence-corrected chi connectivity index (χ1v) is 11.6. The van der Waals surface area contributed by atoms with Gasteiger partial charge in [0.1, 0.15) is 17.6 Å². The molecule has 1 fully saturated rings. The fourth-order valence-corrected chi connectivity index (χ4v) is 3.71. The number of anilines is 1. The Bertz CT molecular complexity index is 1060. The highest BCUT2D eigenvalue weighted by molar-refractivity contribution is 5.90. The summed E-state index contributed by atoms with van der Waals surface area (Å²) in [5.74, 6) is 2.45. The molecule has 1 aliphatic rings. The molecule has 186 valence electrons. The Morgan fingerprint density at radius 2 is 1.71 bits per heavy atom. The molecule has 0 atom stereocenters. The van der Waals surface area contributed by atoms with Gasteiger partial charge in [0.2, 0.25) is 5.88 Å². The van der Waals surface area contributed by atoms with Crippen LogP contribution in [-0.4, -0.2) is 54.5 Å². The summed E-state index contributed by atoms with van der Waals surface area (Å²) in [7, 11) is 3.26. The minimum absolute atomic E-state index is 0.129. The van der Waals surface area contributed by atoms with Crippen molar-refractivity contribution in [3.8, 4) is 17.4 Å². The van der Waals surface area contributed by atoms with E-state index in [0.717, 1.165) is 55.2 Å². The molecule has 3 heterocycles. The molecule has 0 spiro atoms. The fraction of sp³-hybridized carbons (Fsp3) is 0.385. The third kappa shape index (κ3) is 7.30. The predicted molar refractivity (Wildman–Crippen MR) is 134 cm³/mol.